The van der Waals surface area contributed by atoms with Crippen molar-refractivity contribution in [1.82, 2.24) is 15.0 Å². The lowest BCUT2D eigenvalue weighted by Gasteiger charge is -2.30. The lowest BCUT2D eigenvalue weighted by molar-refractivity contribution is 0.156. The first kappa shape index (κ1) is 23.1. The first-order valence-corrected chi connectivity index (χ1v) is 12.9. The Labute approximate surface area is 216 Å². The van der Waals surface area contributed by atoms with Crippen LogP contribution in [0, 0.1) is 5.82 Å². The van der Waals surface area contributed by atoms with Crippen molar-refractivity contribution in [3.8, 4) is 5.75 Å². The molecule has 2 aromatic carbocycles. The Balaban J connectivity index is 1.24. The van der Waals surface area contributed by atoms with Gasteiger partial charge in [0.1, 0.15) is 35.1 Å². The molecular formula is C26H23ClFN5O2S. The summed E-state index contributed by atoms with van der Waals surface area (Å²) in [5.41, 5.74) is 2.77. The van der Waals surface area contributed by atoms with Crippen LogP contribution in [0.3, 0.4) is 0 Å². The smallest absolute Gasteiger partial charge is 0.142 e. The van der Waals surface area contributed by atoms with E-state index in [4.69, 9.17) is 16.3 Å². The molecule has 2 N–H and O–H groups in total. The fourth-order valence-corrected chi connectivity index (χ4v) is 6.50. The van der Waals surface area contributed by atoms with Crippen molar-refractivity contribution < 1.29 is 14.2 Å². The fourth-order valence-electron chi connectivity index (χ4n) is 4.96. The number of aliphatic hydroxyl groups is 1. The van der Waals surface area contributed by atoms with Crippen molar-refractivity contribution in [3.05, 3.63) is 75.6 Å². The van der Waals surface area contributed by atoms with Crippen LogP contribution in [0.1, 0.15) is 28.3 Å². The van der Waals surface area contributed by atoms with Crippen molar-refractivity contribution in [3.63, 3.8) is 0 Å². The SMILES string of the molecule is OCCN1N=CC2c3sc4ncnc(Nc5ccc(OCc6cccc(F)c6)c(Cl)c5)c4c3CCC21. The topological polar surface area (TPSA) is 82.9 Å². The molecule has 0 saturated carbocycles. The van der Waals surface area contributed by atoms with Crippen LogP contribution in [0.5, 0.6) is 5.75 Å². The average Bonchev–Trinajstić information content (AvgIpc) is 3.46. The van der Waals surface area contributed by atoms with Crippen LogP contribution < -0.4 is 10.1 Å². The highest BCUT2D eigenvalue weighted by Gasteiger charge is 2.38. The van der Waals surface area contributed by atoms with E-state index in [1.807, 2.05) is 17.3 Å². The Morgan fingerprint density at radius 2 is 2.14 bits per heavy atom. The number of β-amino-alcohol motifs (C(OH)–C–C–N with tert-alkyl or cyclic N) is 1. The second-order valence-electron chi connectivity index (χ2n) is 8.82. The number of benzene rings is 2. The number of aromatic nitrogens is 2. The fraction of sp³-hybridized carbons (Fsp3) is 0.269. The first-order valence-electron chi connectivity index (χ1n) is 11.7. The van der Waals surface area contributed by atoms with Gasteiger partial charge in [0, 0.05) is 16.8 Å². The van der Waals surface area contributed by atoms with Crippen molar-refractivity contribution in [2.24, 2.45) is 5.10 Å². The number of ether oxygens (including phenoxy) is 1. The molecule has 2 aliphatic rings. The number of halogens is 2. The van der Waals surface area contributed by atoms with Gasteiger partial charge in [-0.1, -0.05) is 23.7 Å². The maximum atomic E-state index is 13.4. The van der Waals surface area contributed by atoms with Crippen LogP contribution in [0.4, 0.5) is 15.9 Å². The number of thiophene rings is 1. The van der Waals surface area contributed by atoms with Gasteiger partial charge in [-0.15, -0.1) is 11.3 Å². The molecule has 36 heavy (non-hydrogen) atoms. The number of hydrogen-bond donors (Lipinski definition) is 2. The highest BCUT2D eigenvalue weighted by atomic mass is 35.5. The number of aryl methyl sites for hydroxylation is 1. The molecule has 2 atom stereocenters. The van der Waals surface area contributed by atoms with E-state index in [0.717, 1.165) is 40.1 Å². The van der Waals surface area contributed by atoms with E-state index in [2.05, 4.69) is 20.4 Å². The minimum absolute atomic E-state index is 0.0938. The molecule has 0 amide bonds. The molecule has 0 bridgehead atoms. The van der Waals surface area contributed by atoms with Gasteiger partial charge in [0.25, 0.3) is 0 Å². The quantitative estimate of drug-likeness (QED) is 0.333. The standard InChI is InChI=1S/C26H23ClFN5O2S/c27-20-11-17(4-7-22(20)35-13-15-2-1-3-16(28)10-15)32-25-23-18-5-6-21-19(12-31-33(21)8-9-34)24(18)36-26(23)30-14-29-25/h1-4,7,10-12,14,19,21,34H,5-6,8-9,13H2,(H,29,30,32). The summed E-state index contributed by atoms with van der Waals surface area (Å²) in [5, 5.41) is 20.8. The van der Waals surface area contributed by atoms with Gasteiger partial charge < -0.3 is 15.2 Å². The van der Waals surface area contributed by atoms with Crippen molar-refractivity contribution in [2.45, 2.75) is 31.4 Å². The summed E-state index contributed by atoms with van der Waals surface area (Å²) >= 11 is 8.19. The maximum Gasteiger partial charge on any atom is 0.142 e. The Morgan fingerprint density at radius 1 is 1.22 bits per heavy atom. The van der Waals surface area contributed by atoms with Gasteiger partial charge in [-0.25, -0.2) is 14.4 Å². The number of anilines is 2. The van der Waals surface area contributed by atoms with Crippen molar-refractivity contribution in [2.75, 3.05) is 18.5 Å². The van der Waals surface area contributed by atoms with Crippen LogP contribution in [-0.2, 0) is 13.0 Å². The number of hydrogen-bond acceptors (Lipinski definition) is 8. The van der Waals surface area contributed by atoms with Gasteiger partial charge in [-0.05, 0) is 54.3 Å². The molecule has 0 fully saturated rings. The van der Waals surface area contributed by atoms with Crippen LogP contribution >= 0.6 is 22.9 Å². The monoisotopic (exact) mass is 523 g/mol. The third kappa shape index (κ3) is 4.27. The minimum Gasteiger partial charge on any atom is -0.487 e. The second kappa shape index (κ2) is 9.65. The lowest BCUT2D eigenvalue weighted by atomic mass is 9.85. The van der Waals surface area contributed by atoms with Crippen LogP contribution in [0.25, 0.3) is 10.2 Å². The largest absolute Gasteiger partial charge is 0.487 e. The van der Waals surface area contributed by atoms with Gasteiger partial charge in [-0.3, -0.25) is 5.01 Å². The predicted octanol–water partition coefficient (Wildman–Crippen LogP) is 5.50. The zero-order valence-corrected chi connectivity index (χ0v) is 20.8. The van der Waals surface area contributed by atoms with Gasteiger partial charge >= 0.3 is 0 Å². The van der Waals surface area contributed by atoms with Crippen LogP contribution in [0.2, 0.25) is 5.02 Å². The maximum absolute atomic E-state index is 13.4. The summed E-state index contributed by atoms with van der Waals surface area (Å²) in [7, 11) is 0. The highest BCUT2D eigenvalue weighted by molar-refractivity contribution is 7.19. The van der Waals surface area contributed by atoms with E-state index in [1.165, 1.54) is 22.6 Å². The van der Waals surface area contributed by atoms with E-state index in [9.17, 15) is 9.50 Å². The zero-order valence-electron chi connectivity index (χ0n) is 19.2. The van der Waals surface area contributed by atoms with E-state index in [1.54, 1.807) is 41.9 Å². The molecule has 1 aliphatic carbocycles. The Hall–Kier alpha value is -3.27. The molecule has 7 nitrogen and oxygen atoms in total. The highest BCUT2D eigenvalue weighted by Crippen LogP contribution is 2.46. The summed E-state index contributed by atoms with van der Waals surface area (Å²) in [5.74, 6) is 1.16. The minimum atomic E-state index is -0.299. The van der Waals surface area contributed by atoms with Crippen molar-refractivity contribution >= 4 is 50.9 Å². The second-order valence-corrected chi connectivity index (χ2v) is 10.3. The number of nitrogens with zero attached hydrogens (tertiary/aromatic N) is 4. The van der Waals surface area contributed by atoms with Gasteiger partial charge in [0.15, 0.2) is 0 Å². The van der Waals surface area contributed by atoms with E-state index in [0.29, 0.717) is 17.3 Å². The Morgan fingerprint density at radius 3 is 2.97 bits per heavy atom. The van der Waals surface area contributed by atoms with Gasteiger partial charge in [-0.2, -0.15) is 5.10 Å². The molecule has 2 aromatic heterocycles. The van der Waals surface area contributed by atoms with Crippen LogP contribution in [0.15, 0.2) is 53.9 Å². The Kier molecular flexibility index (Phi) is 6.20. The zero-order chi connectivity index (χ0) is 24.6. The molecule has 0 radical (unpaired) electrons. The summed E-state index contributed by atoms with van der Waals surface area (Å²) in [4.78, 5) is 11.3. The van der Waals surface area contributed by atoms with E-state index in [-0.39, 0.29) is 31.0 Å². The third-order valence-electron chi connectivity index (χ3n) is 6.59. The summed E-state index contributed by atoms with van der Waals surface area (Å²) in [6.45, 7) is 0.864. The molecule has 6 rings (SSSR count). The predicted molar refractivity (Wildman–Crippen MR) is 140 cm³/mol. The van der Waals surface area contributed by atoms with E-state index < -0.39 is 0 Å². The number of nitrogens with one attached hydrogen (secondary N) is 1. The molecular weight excluding hydrogens is 501 g/mol. The van der Waals surface area contributed by atoms with E-state index >= 15 is 0 Å². The van der Waals surface area contributed by atoms with Crippen molar-refractivity contribution in [1.29, 1.82) is 0 Å². The molecule has 10 heteroatoms. The summed E-state index contributed by atoms with van der Waals surface area (Å²) in [6, 6.07) is 12.0. The third-order valence-corrected chi connectivity index (χ3v) is 8.13. The molecule has 184 valence electrons. The van der Waals surface area contributed by atoms with Crippen LogP contribution in [-0.4, -0.2) is 45.5 Å². The molecule has 0 saturated heterocycles. The number of rotatable bonds is 7. The van der Waals surface area contributed by atoms with Gasteiger partial charge in [0.2, 0.25) is 0 Å². The number of fused-ring (bicyclic) bond motifs is 5. The Bertz CT molecular complexity index is 1460. The van der Waals surface area contributed by atoms with Gasteiger partial charge in [0.05, 0.1) is 35.5 Å². The summed E-state index contributed by atoms with van der Waals surface area (Å²) in [6.07, 6.45) is 5.43. The first-order chi connectivity index (χ1) is 17.6. The number of hydrazone groups is 1. The number of aliphatic hydroxyl groups excluding tert-OH is 1. The molecule has 0 spiro atoms. The lowest BCUT2D eigenvalue weighted by Crippen LogP contribution is -2.35. The normalized spacial score (nSPS) is 18.4. The molecule has 3 heterocycles. The molecule has 2 unspecified atom stereocenters. The summed E-state index contributed by atoms with van der Waals surface area (Å²) < 4.78 is 19.2. The molecule has 4 aromatic rings. The molecule has 1 aliphatic heterocycles. The average molecular weight is 524 g/mol.